The van der Waals surface area contributed by atoms with Crippen molar-refractivity contribution in [2.75, 3.05) is 16.4 Å². The van der Waals surface area contributed by atoms with Crippen molar-refractivity contribution in [2.24, 2.45) is 0 Å². The molecule has 1 heterocycles. The second kappa shape index (κ2) is 8.07. The molecule has 2 rings (SSSR count). The minimum absolute atomic E-state index is 0.0329. The zero-order valence-corrected chi connectivity index (χ0v) is 14.8. The van der Waals surface area contributed by atoms with Crippen molar-refractivity contribution >= 4 is 45.6 Å². The molecule has 1 aromatic heterocycles. The average molecular weight is 350 g/mol. The number of aromatic nitrogens is 2. The number of nitrogens with zero attached hydrogens (tertiary/aromatic N) is 2. The number of hydrogen-bond acceptors (Lipinski definition) is 7. The van der Waals surface area contributed by atoms with Crippen LogP contribution in [0, 0.1) is 0 Å². The smallest absolute Gasteiger partial charge is 0.234 e. The Labute approximate surface area is 143 Å². The zero-order chi connectivity index (χ0) is 16.8. The van der Waals surface area contributed by atoms with E-state index in [2.05, 4.69) is 20.8 Å². The van der Waals surface area contributed by atoms with Crippen LogP contribution in [0.4, 0.5) is 10.8 Å². The summed E-state index contributed by atoms with van der Waals surface area (Å²) in [5.74, 6) is 0.0550. The fraction of sp³-hybridized carbons (Fsp3) is 0.333. The van der Waals surface area contributed by atoms with Gasteiger partial charge in [0.1, 0.15) is 0 Å². The topological polar surface area (TPSA) is 84.0 Å². The van der Waals surface area contributed by atoms with Crippen molar-refractivity contribution in [1.82, 2.24) is 10.2 Å². The normalized spacial score (nSPS) is 10.6. The molecular formula is C15H18N4O2S2. The number of amides is 1. The van der Waals surface area contributed by atoms with Gasteiger partial charge in [0.05, 0.1) is 5.75 Å². The first-order valence-electron chi connectivity index (χ1n) is 7.07. The van der Waals surface area contributed by atoms with E-state index < -0.39 is 0 Å². The first kappa shape index (κ1) is 17.4. The van der Waals surface area contributed by atoms with E-state index >= 15 is 0 Å². The summed E-state index contributed by atoms with van der Waals surface area (Å²) in [5.41, 5.74) is 1.19. The molecule has 0 aliphatic heterocycles. The molecule has 0 saturated carbocycles. The number of carbonyl (C=O) groups excluding carboxylic acids is 2. The minimum Gasteiger partial charge on any atom is -0.358 e. The van der Waals surface area contributed by atoms with Crippen molar-refractivity contribution in [3.63, 3.8) is 0 Å². The summed E-state index contributed by atoms with van der Waals surface area (Å²) in [6.07, 6.45) is 0. The fourth-order valence-corrected chi connectivity index (χ4v) is 3.41. The Hall–Kier alpha value is -1.93. The third-order valence-corrected chi connectivity index (χ3v) is 4.69. The predicted octanol–water partition coefficient (Wildman–Crippen LogP) is 3.29. The zero-order valence-electron chi connectivity index (χ0n) is 13.1. The van der Waals surface area contributed by atoms with Crippen LogP contribution in [0.5, 0.6) is 0 Å². The van der Waals surface area contributed by atoms with E-state index in [1.165, 1.54) is 30.0 Å². The summed E-state index contributed by atoms with van der Waals surface area (Å²) in [6.45, 7) is 5.54. The van der Waals surface area contributed by atoms with Gasteiger partial charge in [-0.3, -0.25) is 9.59 Å². The molecule has 0 spiro atoms. The van der Waals surface area contributed by atoms with Gasteiger partial charge in [-0.15, -0.1) is 10.2 Å². The summed E-state index contributed by atoms with van der Waals surface area (Å²) in [4.78, 5) is 23.3. The Kier molecular flexibility index (Phi) is 6.12. The lowest BCUT2D eigenvalue weighted by molar-refractivity contribution is -0.113. The minimum atomic E-state index is -0.149. The van der Waals surface area contributed by atoms with Crippen molar-refractivity contribution in [3.05, 3.63) is 29.8 Å². The maximum atomic E-state index is 12.0. The van der Waals surface area contributed by atoms with Crippen LogP contribution in [0.25, 0.3) is 0 Å². The van der Waals surface area contributed by atoms with Gasteiger partial charge >= 0.3 is 0 Å². The summed E-state index contributed by atoms with van der Waals surface area (Å²) < 4.78 is 0.737. The molecule has 0 aliphatic rings. The van der Waals surface area contributed by atoms with E-state index in [4.69, 9.17) is 0 Å². The van der Waals surface area contributed by atoms with E-state index in [9.17, 15) is 9.59 Å². The summed E-state index contributed by atoms with van der Waals surface area (Å²) in [7, 11) is 0. The summed E-state index contributed by atoms with van der Waals surface area (Å²) >= 11 is 2.75. The van der Waals surface area contributed by atoms with E-state index in [0.29, 0.717) is 11.3 Å². The SMILES string of the molecule is CC(=O)c1cccc(NC(=O)CSc2nnc(NC(C)C)s2)c1. The Morgan fingerprint density at radius 2 is 2.09 bits per heavy atom. The molecule has 0 saturated heterocycles. The van der Waals surface area contributed by atoms with Gasteiger partial charge in [0.2, 0.25) is 11.0 Å². The molecule has 1 aromatic carbocycles. The van der Waals surface area contributed by atoms with E-state index in [-0.39, 0.29) is 23.5 Å². The van der Waals surface area contributed by atoms with Crippen molar-refractivity contribution in [3.8, 4) is 0 Å². The fourth-order valence-electron chi connectivity index (χ4n) is 1.71. The van der Waals surface area contributed by atoms with Crippen LogP contribution in [0.1, 0.15) is 31.1 Å². The molecule has 6 nitrogen and oxygen atoms in total. The molecule has 122 valence electrons. The Morgan fingerprint density at radius 3 is 2.78 bits per heavy atom. The molecule has 0 fully saturated rings. The quantitative estimate of drug-likeness (QED) is 0.589. The standard InChI is InChI=1S/C15H18N4O2S2/c1-9(2)16-14-18-19-15(23-14)22-8-13(21)17-12-6-4-5-11(7-12)10(3)20/h4-7,9H,8H2,1-3H3,(H,16,18)(H,17,21). The van der Waals surface area contributed by atoms with E-state index in [1.807, 2.05) is 13.8 Å². The molecule has 0 bridgehead atoms. The number of ketones is 1. The maximum Gasteiger partial charge on any atom is 0.234 e. The molecule has 2 aromatic rings. The average Bonchev–Trinajstić information content (AvgIpc) is 2.92. The van der Waals surface area contributed by atoms with Gasteiger partial charge in [-0.25, -0.2) is 0 Å². The van der Waals surface area contributed by atoms with E-state index in [0.717, 1.165) is 9.47 Å². The summed E-state index contributed by atoms with van der Waals surface area (Å²) in [5, 5.41) is 14.7. The van der Waals surface area contributed by atoms with Crippen LogP contribution < -0.4 is 10.6 Å². The predicted molar refractivity (Wildman–Crippen MR) is 94.5 cm³/mol. The number of carbonyl (C=O) groups is 2. The molecule has 0 aliphatic carbocycles. The molecule has 1 amide bonds. The lowest BCUT2D eigenvalue weighted by Crippen LogP contribution is -2.14. The van der Waals surface area contributed by atoms with Gasteiger partial charge in [0.25, 0.3) is 0 Å². The van der Waals surface area contributed by atoms with Gasteiger partial charge in [0.15, 0.2) is 10.1 Å². The van der Waals surface area contributed by atoms with Gasteiger partial charge in [0, 0.05) is 17.3 Å². The van der Waals surface area contributed by atoms with Crippen LogP contribution in [0.2, 0.25) is 0 Å². The van der Waals surface area contributed by atoms with Crippen LogP contribution in [0.3, 0.4) is 0 Å². The number of nitrogens with one attached hydrogen (secondary N) is 2. The van der Waals surface area contributed by atoms with Gasteiger partial charge in [-0.2, -0.15) is 0 Å². The van der Waals surface area contributed by atoms with Crippen LogP contribution in [-0.2, 0) is 4.79 Å². The monoisotopic (exact) mass is 350 g/mol. The molecular weight excluding hydrogens is 332 g/mol. The number of rotatable bonds is 7. The van der Waals surface area contributed by atoms with Gasteiger partial charge in [-0.05, 0) is 32.9 Å². The maximum absolute atomic E-state index is 12.0. The third kappa shape index (κ3) is 5.65. The Bertz CT molecular complexity index is 700. The molecule has 0 radical (unpaired) electrons. The van der Waals surface area contributed by atoms with Gasteiger partial charge in [-0.1, -0.05) is 35.2 Å². The lowest BCUT2D eigenvalue weighted by atomic mass is 10.1. The molecule has 0 unspecified atom stereocenters. The highest BCUT2D eigenvalue weighted by Crippen LogP contribution is 2.26. The van der Waals surface area contributed by atoms with Gasteiger partial charge < -0.3 is 10.6 Å². The van der Waals surface area contributed by atoms with Crippen LogP contribution >= 0.6 is 23.1 Å². The van der Waals surface area contributed by atoms with Crippen molar-refractivity contribution in [1.29, 1.82) is 0 Å². The van der Waals surface area contributed by atoms with Crippen LogP contribution in [-0.4, -0.2) is 33.7 Å². The highest BCUT2D eigenvalue weighted by Gasteiger charge is 2.09. The highest BCUT2D eigenvalue weighted by atomic mass is 32.2. The second-order valence-electron chi connectivity index (χ2n) is 5.15. The first-order valence-corrected chi connectivity index (χ1v) is 8.88. The molecule has 2 N–H and O–H groups in total. The number of thioether (sulfide) groups is 1. The van der Waals surface area contributed by atoms with Crippen molar-refractivity contribution < 1.29 is 9.59 Å². The molecule has 0 atom stereocenters. The largest absolute Gasteiger partial charge is 0.358 e. The first-order chi connectivity index (χ1) is 10.9. The lowest BCUT2D eigenvalue weighted by Gasteiger charge is -2.05. The number of anilines is 2. The third-order valence-electron chi connectivity index (χ3n) is 2.70. The van der Waals surface area contributed by atoms with Crippen LogP contribution in [0.15, 0.2) is 28.6 Å². The Morgan fingerprint density at radius 1 is 1.30 bits per heavy atom. The van der Waals surface area contributed by atoms with E-state index in [1.54, 1.807) is 24.3 Å². The number of Topliss-reactive ketones (excluding diaryl/α,β-unsaturated/α-hetero) is 1. The number of hydrogen-bond donors (Lipinski definition) is 2. The number of benzene rings is 1. The summed E-state index contributed by atoms with van der Waals surface area (Å²) in [6, 6.07) is 7.17. The Balaban J connectivity index is 1.86. The molecule has 8 heteroatoms. The van der Waals surface area contributed by atoms with Crippen molar-refractivity contribution in [2.45, 2.75) is 31.2 Å². The molecule has 23 heavy (non-hydrogen) atoms. The highest BCUT2D eigenvalue weighted by molar-refractivity contribution is 8.01. The second-order valence-corrected chi connectivity index (χ2v) is 7.35.